The van der Waals surface area contributed by atoms with Gasteiger partial charge in [-0.25, -0.2) is 4.39 Å². The van der Waals surface area contributed by atoms with E-state index in [1.807, 2.05) is 47.4 Å². The minimum Gasteiger partial charge on any atom is -0.311 e. The van der Waals surface area contributed by atoms with Crippen molar-refractivity contribution in [1.82, 2.24) is 10.2 Å². The zero-order chi connectivity index (χ0) is 20.5. The number of thioether (sulfide) groups is 1. The molecule has 0 fully saturated rings. The standard InChI is InChI=1S/C24H18FN3OS/c25-18-11-9-17(10-12-18)23-19-6-2-3-7-20(19)24(27-26-23)30-15-22(29)28-14-13-16-5-1-4-8-21(16)28/h1-12H,13-15H2. The van der Waals surface area contributed by atoms with Crippen LogP contribution in [0.4, 0.5) is 10.1 Å². The lowest BCUT2D eigenvalue weighted by Gasteiger charge is -2.17. The molecule has 1 aromatic heterocycles. The van der Waals surface area contributed by atoms with Gasteiger partial charge in [-0.3, -0.25) is 4.79 Å². The Morgan fingerprint density at radius 2 is 1.67 bits per heavy atom. The van der Waals surface area contributed by atoms with Crippen LogP contribution in [-0.4, -0.2) is 28.4 Å². The average Bonchev–Trinajstić information content (AvgIpc) is 3.22. The first-order valence-corrected chi connectivity index (χ1v) is 10.7. The molecule has 4 nitrogen and oxygen atoms in total. The molecule has 2 heterocycles. The topological polar surface area (TPSA) is 46.1 Å². The molecule has 1 aliphatic heterocycles. The molecule has 0 bridgehead atoms. The summed E-state index contributed by atoms with van der Waals surface area (Å²) in [6.45, 7) is 0.717. The highest BCUT2D eigenvalue weighted by atomic mass is 32.2. The van der Waals surface area contributed by atoms with Crippen LogP contribution in [0.5, 0.6) is 0 Å². The first kappa shape index (κ1) is 18.8. The number of carbonyl (C=O) groups excluding carboxylic acids is 1. The number of carbonyl (C=O) groups is 1. The van der Waals surface area contributed by atoms with Crippen LogP contribution in [0.25, 0.3) is 22.0 Å². The molecule has 30 heavy (non-hydrogen) atoms. The van der Waals surface area contributed by atoms with Gasteiger partial charge >= 0.3 is 0 Å². The number of nitrogens with zero attached hydrogens (tertiary/aromatic N) is 3. The van der Waals surface area contributed by atoms with Crippen LogP contribution >= 0.6 is 11.8 Å². The van der Waals surface area contributed by atoms with Crippen LogP contribution in [0.3, 0.4) is 0 Å². The summed E-state index contributed by atoms with van der Waals surface area (Å²) in [5.74, 6) is 0.0757. The summed E-state index contributed by atoms with van der Waals surface area (Å²) in [6, 6.07) is 22.1. The maximum atomic E-state index is 13.3. The molecule has 148 valence electrons. The van der Waals surface area contributed by atoms with E-state index in [4.69, 9.17) is 0 Å². The van der Waals surface area contributed by atoms with Gasteiger partial charge in [-0.2, -0.15) is 0 Å². The summed E-state index contributed by atoms with van der Waals surface area (Å²) >= 11 is 1.40. The van der Waals surface area contributed by atoms with E-state index in [0.717, 1.165) is 33.5 Å². The van der Waals surface area contributed by atoms with E-state index in [2.05, 4.69) is 16.3 Å². The second-order valence-electron chi connectivity index (χ2n) is 7.12. The summed E-state index contributed by atoms with van der Waals surface area (Å²) < 4.78 is 13.3. The SMILES string of the molecule is O=C(CSc1nnc(-c2ccc(F)cc2)c2ccccc12)N1CCc2ccccc21. The van der Waals surface area contributed by atoms with Crippen molar-refractivity contribution in [2.45, 2.75) is 11.4 Å². The van der Waals surface area contributed by atoms with Crippen LogP contribution < -0.4 is 4.90 Å². The Balaban J connectivity index is 1.41. The van der Waals surface area contributed by atoms with Gasteiger partial charge in [-0.15, -0.1) is 10.2 Å². The van der Waals surface area contributed by atoms with Crippen molar-refractivity contribution in [2.24, 2.45) is 0 Å². The van der Waals surface area contributed by atoms with Gasteiger partial charge in [0.15, 0.2) is 0 Å². The number of rotatable bonds is 4. The summed E-state index contributed by atoms with van der Waals surface area (Å²) in [5.41, 5.74) is 3.73. The lowest BCUT2D eigenvalue weighted by Crippen LogP contribution is -2.30. The van der Waals surface area contributed by atoms with Crippen LogP contribution in [0.1, 0.15) is 5.56 Å². The van der Waals surface area contributed by atoms with E-state index >= 15 is 0 Å². The molecule has 6 heteroatoms. The van der Waals surface area contributed by atoms with E-state index in [0.29, 0.717) is 18.0 Å². The van der Waals surface area contributed by atoms with Crippen molar-refractivity contribution in [1.29, 1.82) is 0 Å². The molecule has 1 aliphatic rings. The van der Waals surface area contributed by atoms with Crippen molar-refractivity contribution >= 4 is 34.1 Å². The van der Waals surface area contributed by atoms with Gasteiger partial charge in [0.2, 0.25) is 5.91 Å². The number of para-hydroxylation sites is 1. The van der Waals surface area contributed by atoms with Crippen LogP contribution in [0.15, 0.2) is 77.8 Å². The monoisotopic (exact) mass is 415 g/mol. The van der Waals surface area contributed by atoms with Crippen molar-refractivity contribution in [3.63, 3.8) is 0 Å². The zero-order valence-corrected chi connectivity index (χ0v) is 16.9. The van der Waals surface area contributed by atoms with E-state index in [1.54, 1.807) is 12.1 Å². The first-order valence-electron chi connectivity index (χ1n) is 9.73. The second-order valence-corrected chi connectivity index (χ2v) is 8.08. The maximum Gasteiger partial charge on any atom is 0.237 e. The number of hydrogen-bond acceptors (Lipinski definition) is 4. The zero-order valence-electron chi connectivity index (χ0n) is 16.1. The second kappa shape index (κ2) is 7.88. The molecular formula is C24H18FN3OS. The fourth-order valence-corrected chi connectivity index (χ4v) is 4.66. The summed E-state index contributed by atoms with van der Waals surface area (Å²) in [7, 11) is 0. The van der Waals surface area contributed by atoms with Crippen LogP contribution in [-0.2, 0) is 11.2 Å². The fraction of sp³-hybridized carbons (Fsp3) is 0.125. The Morgan fingerprint density at radius 1 is 0.933 bits per heavy atom. The minimum atomic E-state index is -0.287. The van der Waals surface area contributed by atoms with Crippen LogP contribution in [0.2, 0.25) is 0 Å². The van der Waals surface area contributed by atoms with E-state index in [1.165, 1.54) is 29.5 Å². The number of amides is 1. The molecule has 0 saturated heterocycles. The molecule has 0 radical (unpaired) electrons. The van der Waals surface area contributed by atoms with Gasteiger partial charge < -0.3 is 4.90 Å². The fourth-order valence-electron chi connectivity index (χ4n) is 3.81. The Kier molecular flexibility index (Phi) is 4.93. The molecule has 0 N–H and O–H groups in total. The van der Waals surface area contributed by atoms with E-state index in [9.17, 15) is 9.18 Å². The Labute approximate surface area is 177 Å². The lowest BCUT2D eigenvalue weighted by molar-refractivity contribution is -0.116. The largest absolute Gasteiger partial charge is 0.311 e. The summed E-state index contributed by atoms with van der Waals surface area (Å²) in [6.07, 6.45) is 0.891. The third kappa shape index (κ3) is 3.44. The van der Waals surface area contributed by atoms with E-state index in [-0.39, 0.29) is 11.7 Å². The van der Waals surface area contributed by atoms with Crippen molar-refractivity contribution < 1.29 is 9.18 Å². The third-order valence-electron chi connectivity index (χ3n) is 5.29. The number of benzene rings is 3. The number of hydrogen-bond donors (Lipinski definition) is 0. The van der Waals surface area contributed by atoms with Gasteiger partial charge in [-0.05, 0) is 42.3 Å². The molecular weight excluding hydrogens is 397 g/mol. The van der Waals surface area contributed by atoms with Crippen molar-refractivity contribution in [2.75, 3.05) is 17.2 Å². The molecule has 0 aliphatic carbocycles. The maximum absolute atomic E-state index is 13.3. The Morgan fingerprint density at radius 3 is 2.50 bits per heavy atom. The Hall–Kier alpha value is -3.25. The van der Waals surface area contributed by atoms with Gasteiger partial charge in [0.25, 0.3) is 0 Å². The average molecular weight is 415 g/mol. The van der Waals surface area contributed by atoms with Gasteiger partial charge in [0, 0.05) is 28.6 Å². The highest BCUT2D eigenvalue weighted by Gasteiger charge is 2.24. The molecule has 1 amide bonds. The predicted octanol–water partition coefficient (Wildman–Crippen LogP) is 5.12. The predicted molar refractivity (Wildman–Crippen MR) is 118 cm³/mol. The third-order valence-corrected chi connectivity index (χ3v) is 6.26. The van der Waals surface area contributed by atoms with Gasteiger partial charge in [0.05, 0.1) is 5.75 Å². The molecule has 0 spiro atoms. The number of fused-ring (bicyclic) bond motifs is 2. The lowest BCUT2D eigenvalue weighted by atomic mass is 10.1. The smallest absolute Gasteiger partial charge is 0.237 e. The van der Waals surface area contributed by atoms with E-state index < -0.39 is 0 Å². The Bertz CT molecular complexity index is 1240. The van der Waals surface area contributed by atoms with Gasteiger partial charge in [0.1, 0.15) is 16.5 Å². The molecule has 0 atom stereocenters. The molecule has 5 rings (SSSR count). The number of anilines is 1. The summed E-state index contributed by atoms with van der Waals surface area (Å²) in [5, 5.41) is 11.4. The normalized spacial score (nSPS) is 12.9. The highest BCUT2D eigenvalue weighted by molar-refractivity contribution is 8.00. The van der Waals surface area contributed by atoms with Gasteiger partial charge in [-0.1, -0.05) is 54.2 Å². The molecule has 0 unspecified atom stereocenters. The quantitative estimate of drug-likeness (QED) is 0.434. The number of halogens is 1. The first-order chi connectivity index (χ1) is 14.7. The summed E-state index contributed by atoms with van der Waals surface area (Å²) in [4.78, 5) is 14.7. The van der Waals surface area contributed by atoms with Crippen LogP contribution in [0, 0.1) is 5.82 Å². The van der Waals surface area contributed by atoms with Crippen molar-refractivity contribution in [3.05, 3.63) is 84.2 Å². The minimum absolute atomic E-state index is 0.0680. The molecule has 4 aromatic rings. The molecule has 0 saturated carbocycles. The highest BCUT2D eigenvalue weighted by Crippen LogP contribution is 2.33. The molecule has 3 aromatic carbocycles. The number of aromatic nitrogens is 2. The van der Waals surface area contributed by atoms with Crippen molar-refractivity contribution in [3.8, 4) is 11.3 Å².